The molecule has 1 aliphatic rings. The van der Waals surface area contributed by atoms with Crippen molar-refractivity contribution in [3.63, 3.8) is 0 Å². The summed E-state index contributed by atoms with van der Waals surface area (Å²) in [6, 6.07) is 6.35. The van der Waals surface area contributed by atoms with Crippen LogP contribution in [0.5, 0.6) is 11.8 Å². The summed E-state index contributed by atoms with van der Waals surface area (Å²) in [5.74, 6) is 0.985. The minimum Gasteiger partial charge on any atom is -0.423 e. The predicted molar refractivity (Wildman–Crippen MR) is 81.0 cm³/mol. The highest BCUT2D eigenvalue weighted by molar-refractivity contribution is 6.30. The average Bonchev–Trinajstić information content (AvgIpc) is 3.28. The third kappa shape index (κ3) is 2.90. The van der Waals surface area contributed by atoms with E-state index in [1.54, 1.807) is 18.2 Å². The van der Waals surface area contributed by atoms with Crippen molar-refractivity contribution < 1.29 is 13.7 Å². The van der Waals surface area contributed by atoms with E-state index in [1.807, 2.05) is 0 Å². The van der Waals surface area contributed by atoms with Crippen molar-refractivity contribution in [1.82, 2.24) is 15.1 Å². The fourth-order valence-corrected chi connectivity index (χ4v) is 2.35. The van der Waals surface area contributed by atoms with Gasteiger partial charge in [0.1, 0.15) is 23.0 Å². The normalized spacial score (nSPS) is 14.0. The molecule has 7 heteroatoms. The van der Waals surface area contributed by atoms with Crippen LogP contribution in [0.4, 0.5) is 4.39 Å². The highest BCUT2D eigenvalue weighted by Crippen LogP contribution is 2.42. The number of ether oxygens (including phenoxy) is 1. The largest absolute Gasteiger partial charge is 0.423 e. The SMILES string of the molecule is Fc1cccc(Oc2ncc(Cl)cn2)c1-c1cc(C2CC2)on1. The molecular formula is C16H11ClFN3O2. The van der Waals surface area contributed by atoms with Gasteiger partial charge in [0.15, 0.2) is 0 Å². The van der Waals surface area contributed by atoms with Gasteiger partial charge < -0.3 is 9.26 Å². The van der Waals surface area contributed by atoms with Crippen molar-refractivity contribution in [3.05, 3.63) is 53.3 Å². The van der Waals surface area contributed by atoms with Crippen LogP contribution in [0, 0.1) is 5.82 Å². The number of hydrogen-bond donors (Lipinski definition) is 0. The molecule has 1 saturated carbocycles. The van der Waals surface area contributed by atoms with Crippen LogP contribution in [0.1, 0.15) is 24.5 Å². The fourth-order valence-electron chi connectivity index (χ4n) is 2.26. The standard InChI is InChI=1S/C16H11ClFN3O2/c17-10-7-19-16(20-8-10)22-13-3-1-2-11(18)15(13)12-6-14(23-21-12)9-4-5-9/h1-3,6-9H,4-5H2. The Hall–Kier alpha value is -2.47. The zero-order valence-electron chi connectivity index (χ0n) is 11.9. The summed E-state index contributed by atoms with van der Waals surface area (Å²) in [5.41, 5.74) is 0.621. The third-order valence-electron chi connectivity index (χ3n) is 3.54. The quantitative estimate of drug-likeness (QED) is 0.699. The smallest absolute Gasteiger partial charge is 0.321 e. The molecule has 1 aromatic carbocycles. The molecule has 23 heavy (non-hydrogen) atoms. The Morgan fingerprint density at radius 2 is 2.00 bits per heavy atom. The molecule has 3 aromatic rings. The lowest BCUT2D eigenvalue weighted by Crippen LogP contribution is -1.95. The second-order valence-electron chi connectivity index (χ2n) is 5.29. The van der Waals surface area contributed by atoms with Gasteiger partial charge in [0, 0.05) is 12.0 Å². The minimum atomic E-state index is -0.452. The van der Waals surface area contributed by atoms with Crippen LogP contribution in [0.15, 0.2) is 41.2 Å². The van der Waals surface area contributed by atoms with Gasteiger partial charge in [-0.25, -0.2) is 14.4 Å². The summed E-state index contributed by atoms with van der Waals surface area (Å²) in [4.78, 5) is 7.90. The molecule has 0 bridgehead atoms. The third-order valence-corrected chi connectivity index (χ3v) is 3.73. The lowest BCUT2D eigenvalue weighted by molar-refractivity contribution is 0.385. The first kappa shape index (κ1) is 14.1. The fraction of sp³-hybridized carbons (Fsp3) is 0.188. The van der Waals surface area contributed by atoms with E-state index >= 15 is 0 Å². The van der Waals surface area contributed by atoms with E-state index in [0.717, 1.165) is 18.6 Å². The van der Waals surface area contributed by atoms with Gasteiger partial charge in [-0.3, -0.25) is 0 Å². The summed E-state index contributed by atoms with van der Waals surface area (Å²) in [5, 5.41) is 4.36. The van der Waals surface area contributed by atoms with Gasteiger partial charge >= 0.3 is 6.01 Å². The lowest BCUT2D eigenvalue weighted by Gasteiger charge is -2.08. The maximum atomic E-state index is 14.3. The average molecular weight is 332 g/mol. The molecule has 0 aliphatic heterocycles. The van der Waals surface area contributed by atoms with Crippen molar-refractivity contribution in [2.45, 2.75) is 18.8 Å². The van der Waals surface area contributed by atoms with Crippen LogP contribution >= 0.6 is 11.6 Å². The molecule has 0 spiro atoms. The van der Waals surface area contributed by atoms with E-state index in [2.05, 4.69) is 15.1 Å². The molecule has 1 aliphatic carbocycles. The molecule has 1 fully saturated rings. The van der Waals surface area contributed by atoms with Crippen molar-refractivity contribution in [1.29, 1.82) is 0 Å². The first-order valence-corrected chi connectivity index (χ1v) is 7.49. The van der Waals surface area contributed by atoms with Crippen LogP contribution in [-0.4, -0.2) is 15.1 Å². The molecule has 0 N–H and O–H groups in total. The van der Waals surface area contributed by atoms with Crippen molar-refractivity contribution in [2.24, 2.45) is 0 Å². The number of rotatable bonds is 4. The van der Waals surface area contributed by atoms with Crippen LogP contribution in [0.3, 0.4) is 0 Å². The molecule has 0 saturated heterocycles. The molecular weight excluding hydrogens is 321 g/mol. The van der Waals surface area contributed by atoms with Gasteiger partial charge in [0.05, 0.1) is 23.0 Å². The summed E-state index contributed by atoms with van der Waals surface area (Å²) >= 11 is 5.74. The summed E-state index contributed by atoms with van der Waals surface area (Å²) in [6.45, 7) is 0. The van der Waals surface area contributed by atoms with E-state index < -0.39 is 5.82 Å². The molecule has 0 amide bonds. The van der Waals surface area contributed by atoms with Gasteiger partial charge in [-0.2, -0.15) is 0 Å². The Balaban J connectivity index is 1.71. The number of aromatic nitrogens is 3. The molecule has 2 heterocycles. The number of benzene rings is 1. The van der Waals surface area contributed by atoms with Crippen LogP contribution < -0.4 is 4.74 Å². The van der Waals surface area contributed by atoms with Crippen molar-refractivity contribution in [2.75, 3.05) is 0 Å². The van der Waals surface area contributed by atoms with Gasteiger partial charge in [-0.05, 0) is 25.0 Å². The van der Waals surface area contributed by atoms with Crippen molar-refractivity contribution >= 4 is 11.6 Å². The predicted octanol–water partition coefficient (Wildman–Crippen LogP) is 4.59. The number of hydrogen-bond acceptors (Lipinski definition) is 5. The number of nitrogens with zero attached hydrogens (tertiary/aromatic N) is 3. The van der Waals surface area contributed by atoms with E-state index in [4.69, 9.17) is 20.9 Å². The van der Waals surface area contributed by atoms with E-state index in [-0.39, 0.29) is 17.3 Å². The van der Waals surface area contributed by atoms with Crippen molar-refractivity contribution in [3.8, 4) is 23.0 Å². The Kier molecular flexibility index (Phi) is 3.46. The second-order valence-corrected chi connectivity index (χ2v) is 5.72. The molecule has 0 atom stereocenters. The zero-order valence-corrected chi connectivity index (χ0v) is 12.6. The van der Waals surface area contributed by atoms with Gasteiger partial charge in [-0.1, -0.05) is 22.8 Å². The Morgan fingerprint density at radius 3 is 2.74 bits per heavy atom. The summed E-state index contributed by atoms with van der Waals surface area (Å²) in [6.07, 6.45) is 4.97. The van der Waals surface area contributed by atoms with Gasteiger partial charge in [0.25, 0.3) is 0 Å². The van der Waals surface area contributed by atoms with E-state index in [0.29, 0.717) is 16.6 Å². The minimum absolute atomic E-state index is 0.0761. The molecule has 5 nitrogen and oxygen atoms in total. The topological polar surface area (TPSA) is 61.0 Å². The second kappa shape index (κ2) is 5.62. The Morgan fingerprint density at radius 1 is 1.22 bits per heavy atom. The van der Waals surface area contributed by atoms with Crippen LogP contribution in [-0.2, 0) is 0 Å². The lowest BCUT2D eigenvalue weighted by atomic mass is 10.1. The summed E-state index contributed by atoms with van der Waals surface area (Å²) in [7, 11) is 0. The monoisotopic (exact) mass is 331 g/mol. The summed E-state index contributed by atoms with van der Waals surface area (Å²) < 4.78 is 25.2. The molecule has 0 unspecified atom stereocenters. The molecule has 4 rings (SSSR count). The van der Waals surface area contributed by atoms with E-state index in [1.165, 1.54) is 18.5 Å². The van der Waals surface area contributed by atoms with Crippen LogP contribution in [0.2, 0.25) is 5.02 Å². The maximum Gasteiger partial charge on any atom is 0.321 e. The Labute approximate surface area is 136 Å². The molecule has 2 aromatic heterocycles. The Bertz CT molecular complexity index is 847. The maximum absolute atomic E-state index is 14.3. The molecule has 116 valence electrons. The first-order valence-electron chi connectivity index (χ1n) is 7.11. The number of halogens is 2. The molecule has 0 radical (unpaired) electrons. The van der Waals surface area contributed by atoms with Gasteiger partial charge in [0.2, 0.25) is 0 Å². The van der Waals surface area contributed by atoms with Gasteiger partial charge in [-0.15, -0.1) is 0 Å². The highest BCUT2D eigenvalue weighted by atomic mass is 35.5. The zero-order chi connectivity index (χ0) is 15.8. The first-order chi connectivity index (χ1) is 11.2. The van der Waals surface area contributed by atoms with Crippen LogP contribution in [0.25, 0.3) is 11.3 Å². The highest BCUT2D eigenvalue weighted by Gasteiger charge is 2.29. The van der Waals surface area contributed by atoms with E-state index in [9.17, 15) is 4.39 Å².